The predicted octanol–water partition coefficient (Wildman–Crippen LogP) is 3.73. The van der Waals surface area contributed by atoms with Crippen LogP contribution in [0.1, 0.15) is 5.56 Å². The van der Waals surface area contributed by atoms with Gasteiger partial charge in [0.05, 0.1) is 12.1 Å². The quantitative estimate of drug-likeness (QED) is 0.701. The lowest BCUT2D eigenvalue weighted by Crippen LogP contribution is -1.92. The molecule has 0 saturated carbocycles. The number of hydrogen-bond donors (Lipinski definition) is 0. The summed E-state index contributed by atoms with van der Waals surface area (Å²) in [5, 5.41) is 1.23. The van der Waals surface area contributed by atoms with Crippen LogP contribution in [0.3, 0.4) is 0 Å². The van der Waals surface area contributed by atoms with E-state index in [-0.39, 0.29) is 0 Å². The number of rotatable bonds is 3. The molecule has 0 saturated heterocycles. The molecule has 1 nitrogen and oxygen atoms in total. The van der Waals surface area contributed by atoms with Gasteiger partial charge in [0.15, 0.2) is 0 Å². The highest BCUT2D eigenvalue weighted by molar-refractivity contribution is 6.34. The molecule has 0 bridgehead atoms. The molecule has 0 radical (unpaired) electrons. The Kier molecular flexibility index (Phi) is 3.64. The lowest BCUT2D eigenvalue weighted by molar-refractivity contribution is 0.411. The van der Waals surface area contributed by atoms with Crippen molar-refractivity contribution in [2.24, 2.45) is 0 Å². The summed E-state index contributed by atoms with van der Waals surface area (Å²) in [4.78, 5) is 0. The molecule has 1 rings (SSSR count). The summed E-state index contributed by atoms with van der Waals surface area (Å²) >= 11 is 11.9. The Labute approximate surface area is 87.9 Å². The van der Waals surface area contributed by atoms with Gasteiger partial charge in [0.25, 0.3) is 0 Å². The smallest absolute Gasteiger partial charge is 0.142 e. The molecule has 0 spiro atoms. The highest BCUT2D eigenvalue weighted by Gasteiger charge is 2.09. The third-order valence-electron chi connectivity index (χ3n) is 1.71. The van der Waals surface area contributed by atoms with E-state index in [2.05, 4.69) is 6.58 Å². The van der Waals surface area contributed by atoms with Crippen molar-refractivity contribution < 1.29 is 4.74 Å². The summed E-state index contributed by atoms with van der Waals surface area (Å²) in [6, 6.07) is 3.47. The van der Waals surface area contributed by atoms with Gasteiger partial charge in [-0.3, -0.25) is 0 Å². The summed E-state index contributed by atoms with van der Waals surface area (Å²) in [6.07, 6.45) is 2.42. The second-order valence-corrected chi connectivity index (χ2v) is 3.35. The van der Waals surface area contributed by atoms with Gasteiger partial charge in [-0.1, -0.05) is 29.3 Å². The zero-order chi connectivity index (χ0) is 9.84. The van der Waals surface area contributed by atoms with E-state index in [1.165, 1.54) is 0 Å². The van der Waals surface area contributed by atoms with Crippen molar-refractivity contribution in [1.82, 2.24) is 0 Å². The van der Waals surface area contributed by atoms with Crippen LogP contribution in [0.25, 0.3) is 0 Å². The minimum absolute atomic E-state index is 0.573. The van der Waals surface area contributed by atoms with Crippen molar-refractivity contribution in [2.45, 2.75) is 6.42 Å². The Morgan fingerprint density at radius 3 is 2.54 bits per heavy atom. The van der Waals surface area contributed by atoms with Gasteiger partial charge in [-0.05, 0) is 18.6 Å². The van der Waals surface area contributed by atoms with Crippen molar-refractivity contribution in [3.05, 3.63) is 40.4 Å². The maximum Gasteiger partial charge on any atom is 0.142 e. The summed E-state index contributed by atoms with van der Waals surface area (Å²) in [6.45, 7) is 3.64. The van der Waals surface area contributed by atoms with Crippen LogP contribution >= 0.6 is 23.2 Å². The Bertz CT molecular complexity index is 321. The Hall–Kier alpha value is -0.660. The Balaban J connectivity index is 3.25. The van der Waals surface area contributed by atoms with Gasteiger partial charge in [0, 0.05) is 10.6 Å². The topological polar surface area (TPSA) is 9.23 Å². The van der Waals surface area contributed by atoms with E-state index in [0.717, 1.165) is 5.56 Å². The summed E-state index contributed by atoms with van der Waals surface area (Å²) in [7, 11) is 1.57. The van der Waals surface area contributed by atoms with Crippen molar-refractivity contribution in [2.75, 3.05) is 7.11 Å². The van der Waals surface area contributed by atoms with Gasteiger partial charge in [-0.15, -0.1) is 6.58 Å². The number of halogens is 2. The number of ether oxygens (including phenoxy) is 1. The predicted molar refractivity (Wildman–Crippen MR) is 56.9 cm³/mol. The molecule has 1 aromatic rings. The summed E-state index contributed by atoms with van der Waals surface area (Å²) in [5.74, 6) is 0.633. The first-order valence-electron chi connectivity index (χ1n) is 3.82. The van der Waals surface area contributed by atoms with Crippen LogP contribution in [0.5, 0.6) is 5.75 Å². The molecule has 13 heavy (non-hydrogen) atoms. The largest absolute Gasteiger partial charge is 0.495 e. The third-order valence-corrected chi connectivity index (χ3v) is 2.36. The van der Waals surface area contributed by atoms with E-state index in [9.17, 15) is 0 Å². The van der Waals surface area contributed by atoms with Crippen LogP contribution in [-0.2, 0) is 6.42 Å². The van der Waals surface area contributed by atoms with Gasteiger partial charge in [-0.2, -0.15) is 0 Å². The lowest BCUT2D eigenvalue weighted by atomic mass is 10.1. The first-order valence-corrected chi connectivity index (χ1v) is 4.58. The normalized spacial score (nSPS) is 9.77. The average Bonchev–Trinajstić information content (AvgIpc) is 2.12. The van der Waals surface area contributed by atoms with Gasteiger partial charge < -0.3 is 4.74 Å². The average molecular weight is 217 g/mol. The molecule has 0 fully saturated rings. The highest BCUT2D eigenvalue weighted by atomic mass is 35.5. The van der Waals surface area contributed by atoms with Crippen LogP contribution in [0, 0.1) is 0 Å². The first-order chi connectivity index (χ1) is 6.20. The van der Waals surface area contributed by atoms with E-state index in [0.29, 0.717) is 22.2 Å². The van der Waals surface area contributed by atoms with E-state index in [1.54, 1.807) is 25.3 Å². The minimum atomic E-state index is 0.573. The van der Waals surface area contributed by atoms with E-state index < -0.39 is 0 Å². The molecular weight excluding hydrogens is 207 g/mol. The van der Waals surface area contributed by atoms with E-state index >= 15 is 0 Å². The second-order valence-electron chi connectivity index (χ2n) is 2.53. The molecule has 0 aromatic heterocycles. The molecule has 70 valence electrons. The minimum Gasteiger partial charge on any atom is -0.495 e. The first kappa shape index (κ1) is 10.4. The van der Waals surface area contributed by atoms with Crippen LogP contribution in [0.15, 0.2) is 24.8 Å². The molecule has 0 amide bonds. The maximum absolute atomic E-state index is 5.97. The molecule has 0 aliphatic rings. The highest BCUT2D eigenvalue weighted by Crippen LogP contribution is 2.34. The van der Waals surface area contributed by atoms with Crippen molar-refractivity contribution in [1.29, 1.82) is 0 Å². The van der Waals surface area contributed by atoms with Crippen molar-refractivity contribution in [3.63, 3.8) is 0 Å². The number of allylic oxidation sites excluding steroid dienone is 1. The van der Waals surface area contributed by atoms with E-state index in [4.69, 9.17) is 27.9 Å². The van der Waals surface area contributed by atoms with Crippen LogP contribution < -0.4 is 4.74 Å². The van der Waals surface area contributed by atoms with Gasteiger partial charge in [0.2, 0.25) is 0 Å². The SMILES string of the molecule is C=CCc1c(Cl)ccc(Cl)c1OC. The molecule has 0 unspecified atom stereocenters. The monoisotopic (exact) mass is 216 g/mol. The standard InChI is InChI=1S/C10H10Cl2O/c1-3-4-7-8(11)5-6-9(12)10(7)13-2/h3,5-6H,1,4H2,2H3. The van der Waals surface area contributed by atoms with Gasteiger partial charge >= 0.3 is 0 Å². The van der Waals surface area contributed by atoms with Gasteiger partial charge in [-0.25, -0.2) is 0 Å². The number of methoxy groups -OCH3 is 1. The van der Waals surface area contributed by atoms with E-state index in [1.807, 2.05) is 0 Å². The molecule has 0 atom stereocenters. The fourth-order valence-corrected chi connectivity index (χ4v) is 1.61. The molecule has 0 aliphatic carbocycles. The lowest BCUT2D eigenvalue weighted by Gasteiger charge is -2.09. The fourth-order valence-electron chi connectivity index (χ4n) is 1.13. The zero-order valence-electron chi connectivity index (χ0n) is 7.31. The zero-order valence-corrected chi connectivity index (χ0v) is 8.82. The Morgan fingerprint density at radius 2 is 2.00 bits per heavy atom. The molecule has 1 aromatic carbocycles. The van der Waals surface area contributed by atoms with Crippen LogP contribution in [-0.4, -0.2) is 7.11 Å². The second kappa shape index (κ2) is 4.54. The fraction of sp³-hybridized carbons (Fsp3) is 0.200. The molecule has 0 aliphatic heterocycles. The molecule has 0 N–H and O–H groups in total. The summed E-state index contributed by atoms with van der Waals surface area (Å²) < 4.78 is 5.15. The number of benzene rings is 1. The van der Waals surface area contributed by atoms with Crippen molar-refractivity contribution >= 4 is 23.2 Å². The number of hydrogen-bond acceptors (Lipinski definition) is 1. The molecule has 3 heteroatoms. The van der Waals surface area contributed by atoms with Crippen LogP contribution in [0.2, 0.25) is 10.0 Å². The third kappa shape index (κ3) is 2.17. The summed E-state index contributed by atoms with van der Waals surface area (Å²) in [5.41, 5.74) is 0.881. The van der Waals surface area contributed by atoms with Gasteiger partial charge in [0.1, 0.15) is 5.75 Å². The molecule has 0 heterocycles. The Morgan fingerprint density at radius 1 is 1.38 bits per heavy atom. The van der Waals surface area contributed by atoms with Crippen LogP contribution in [0.4, 0.5) is 0 Å². The maximum atomic E-state index is 5.97. The molecular formula is C10H10Cl2O. The van der Waals surface area contributed by atoms with Crippen molar-refractivity contribution in [3.8, 4) is 5.75 Å².